The molecule has 3 nitrogen and oxygen atoms in total. The Morgan fingerprint density at radius 3 is 2.86 bits per heavy atom. The van der Waals surface area contributed by atoms with Crippen LogP contribution in [-0.2, 0) is 17.7 Å². The fourth-order valence-electron chi connectivity index (χ4n) is 2.25. The Morgan fingerprint density at radius 1 is 1.33 bits per heavy atom. The third-order valence-electron chi connectivity index (χ3n) is 3.41. The van der Waals surface area contributed by atoms with Gasteiger partial charge >= 0.3 is 0 Å². The van der Waals surface area contributed by atoms with E-state index in [0.717, 1.165) is 47.3 Å². The van der Waals surface area contributed by atoms with Crippen LogP contribution in [0.1, 0.15) is 26.1 Å². The Morgan fingerprint density at radius 2 is 2.14 bits per heavy atom. The highest BCUT2D eigenvalue weighted by atomic mass is 79.9. The van der Waals surface area contributed by atoms with Gasteiger partial charge in [0.15, 0.2) is 0 Å². The number of alkyl halides is 1. The minimum Gasteiger partial charge on any atom is -0.380 e. The van der Waals surface area contributed by atoms with E-state index in [1.165, 1.54) is 0 Å². The number of nitrogens with zero attached hydrogens (tertiary/aromatic N) is 2. The second kappa shape index (κ2) is 8.16. The van der Waals surface area contributed by atoms with Gasteiger partial charge in [-0.1, -0.05) is 29.8 Å². The van der Waals surface area contributed by atoms with Crippen molar-refractivity contribution in [3.05, 3.63) is 28.5 Å². The van der Waals surface area contributed by atoms with Crippen LogP contribution in [0.3, 0.4) is 0 Å². The number of imidazole rings is 1. The molecule has 116 valence electrons. The Bertz CT molecular complexity index is 583. The lowest BCUT2D eigenvalue weighted by Crippen LogP contribution is -2.11. The van der Waals surface area contributed by atoms with Gasteiger partial charge in [-0.3, -0.25) is 0 Å². The lowest BCUT2D eigenvalue weighted by molar-refractivity contribution is 0.116. The fourth-order valence-corrected chi connectivity index (χ4v) is 2.77. The zero-order valence-corrected chi connectivity index (χ0v) is 15.0. The molecule has 0 aliphatic rings. The summed E-state index contributed by atoms with van der Waals surface area (Å²) >= 11 is 9.42. The number of ether oxygens (including phenoxy) is 1. The molecule has 0 bridgehead atoms. The van der Waals surface area contributed by atoms with E-state index >= 15 is 0 Å². The van der Waals surface area contributed by atoms with Crippen LogP contribution in [0, 0.1) is 5.92 Å². The molecule has 1 heterocycles. The van der Waals surface area contributed by atoms with Crippen molar-refractivity contribution < 1.29 is 4.74 Å². The van der Waals surface area contributed by atoms with Gasteiger partial charge in [0.2, 0.25) is 0 Å². The summed E-state index contributed by atoms with van der Waals surface area (Å²) in [5.41, 5.74) is 2.15. The Balaban J connectivity index is 2.08. The van der Waals surface area contributed by atoms with Gasteiger partial charge < -0.3 is 9.30 Å². The molecule has 2 rings (SSSR count). The van der Waals surface area contributed by atoms with E-state index in [9.17, 15) is 0 Å². The zero-order valence-electron chi connectivity index (χ0n) is 12.6. The van der Waals surface area contributed by atoms with E-state index in [4.69, 9.17) is 16.3 Å². The molecule has 0 spiro atoms. The molecule has 0 unspecified atom stereocenters. The molecule has 1 aromatic carbocycles. The van der Waals surface area contributed by atoms with Gasteiger partial charge in [-0.15, -0.1) is 11.6 Å². The monoisotopic (exact) mass is 372 g/mol. The van der Waals surface area contributed by atoms with Crippen LogP contribution in [0.25, 0.3) is 11.0 Å². The highest BCUT2D eigenvalue weighted by Gasteiger charge is 2.10. The van der Waals surface area contributed by atoms with Crippen LogP contribution < -0.4 is 0 Å². The molecule has 1 aromatic heterocycles. The summed E-state index contributed by atoms with van der Waals surface area (Å²) in [6, 6.07) is 6.16. The lowest BCUT2D eigenvalue weighted by Gasteiger charge is -2.10. The molecule has 0 fully saturated rings. The summed E-state index contributed by atoms with van der Waals surface area (Å²) in [7, 11) is 0. The maximum atomic E-state index is 5.89. The molecular weight excluding hydrogens is 352 g/mol. The van der Waals surface area contributed by atoms with Gasteiger partial charge in [0, 0.05) is 29.9 Å². The topological polar surface area (TPSA) is 27.1 Å². The molecule has 5 heteroatoms. The van der Waals surface area contributed by atoms with Gasteiger partial charge in [-0.2, -0.15) is 0 Å². The van der Waals surface area contributed by atoms with Gasteiger partial charge in [-0.25, -0.2) is 4.98 Å². The smallest absolute Gasteiger partial charge is 0.111 e. The first-order valence-electron chi connectivity index (χ1n) is 7.40. The van der Waals surface area contributed by atoms with E-state index in [1.54, 1.807) is 0 Å². The number of benzene rings is 1. The number of halogens is 2. The zero-order chi connectivity index (χ0) is 15.2. The van der Waals surface area contributed by atoms with Crippen molar-refractivity contribution in [1.82, 2.24) is 9.55 Å². The van der Waals surface area contributed by atoms with E-state index in [0.29, 0.717) is 18.4 Å². The van der Waals surface area contributed by atoms with E-state index in [1.807, 2.05) is 12.1 Å². The molecule has 0 saturated heterocycles. The molecule has 0 N–H and O–H groups in total. The second-order valence-electron chi connectivity index (χ2n) is 5.55. The van der Waals surface area contributed by atoms with Crippen LogP contribution in [-0.4, -0.2) is 28.6 Å². The van der Waals surface area contributed by atoms with Gasteiger partial charge in [0.05, 0.1) is 17.6 Å². The van der Waals surface area contributed by atoms with Crippen molar-refractivity contribution in [2.24, 2.45) is 5.92 Å². The van der Waals surface area contributed by atoms with E-state index in [2.05, 4.69) is 45.4 Å². The third-order valence-corrected chi connectivity index (χ3v) is 4.09. The molecule has 2 aromatic rings. The predicted molar refractivity (Wildman–Crippen MR) is 92.1 cm³/mol. The summed E-state index contributed by atoms with van der Waals surface area (Å²) < 4.78 is 9.02. The number of aromatic nitrogens is 2. The van der Waals surface area contributed by atoms with Crippen LogP contribution in [0.15, 0.2) is 22.7 Å². The van der Waals surface area contributed by atoms with Crippen molar-refractivity contribution in [2.75, 3.05) is 19.1 Å². The largest absolute Gasteiger partial charge is 0.380 e. The summed E-state index contributed by atoms with van der Waals surface area (Å²) in [6.07, 6.45) is 1.88. The van der Waals surface area contributed by atoms with Crippen molar-refractivity contribution in [2.45, 2.75) is 33.2 Å². The van der Waals surface area contributed by atoms with E-state index < -0.39 is 0 Å². The number of hydrogen-bond donors (Lipinski definition) is 0. The van der Waals surface area contributed by atoms with E-state index in [-0.39, 0.29) is 0 Å². The second-order valence-corrected chi connectivity index (χ2v) is 6.84. The van der Waals surface area contributed by atoms with Crippen LogP contribution in [0.4, 0.5) is 0 Å². The quantitative estimate of drug-likeness (QED) is 0.498. The predicted octanol–water partition coefficient (Wildman–Crippen LogP) is 4.64. The number of fused-ring (bicyclic) bond motifs is 1. The molecule has 0 aliphatic carbocycles. The third kappa shape index (κ3) is 4.70. The first-order valence-corrected chi connectivity index (χ1v) is 8.73. The number of hydrogen-bond acceptors (Lipinski definition) is 2. The van der Waals surface area contributed by atoms with Gasteiger partial charge in [0.25, 0.3) is 0 Å². The van der Waals surface area contributed by atoms with Crippen molar-refractivity contribution in [1.29, 1.82) is 0 Å². The number of rotatable bonds is 8. The fraction of sp³-hybridized carbons (Fsp3) is 0.562. The standard InChI is InChI=1S/C16H22BrClN2O/c1-12(2)6-9-21-10-8-20-15-11-13(17)3-4-14(15)19-16(20)5-7-18/h3-4,11-12H,5-10H2,1-2H3. The normalized spacial score (nSPS) is 11.7. The first-order chi connectivity index (χ1) is 10.1. The minimum absolute atomic E-state index is 0.582. The molecule has 21 heavy (non-hydrogen) atoms. The van der Waals surface area contributed by atoms with Gasteiger partial charge in [0.1, 0.15) is 5.82 Å². The van der Waals surface area contributed by atoms with Crippen LogP contribution >= 0.6 is 27.5 Å². The minimum atomic E-state index is 0.582. The Kier molecular flexibility index (Phi) is 6.52. The molecule has 0 atom stereocenters. The van der Waals surface area contributed by atoms with Gasteiger partial charge in [-0.05, 0) is 30.5 Å². The van der Waals surface area contributed by atoms with Crippen molar-refractivity contribution >= 4 is 38.6 Å². The average molecular weight is 374 g/mol. The Hall–Kier alpha value is -0.580. The SMILES string of the molecule is CC(C)CCOCCn1c(CCCl)nc2ccc(Br)cc21. The molecular formula is C16H22BrClN2O. The Labute approximate surface area is 139 Å². The maximum Gasteiger partial charge on any atom is 0.111 e. The molecule has 0 saturated carbocycles. The highest BCUT2D eigenvalue weighted by Crippen LogP contribution is 2.21. The molecule has 0 aliphatic heterocycles. The van der Waals surface area contributed by atoms with Crippen LogP contribution in [0.5, 0.6) is 0 Å². The maximum absolute atomic E-state index is 5.89. The summed E-state index contributed by atoms with van der Waals surface area (Å²) in [5, 5.41) is 0. The number of aryl methyl sites for hydroxylation is 1. The highest BCUT2D eigenvalue weighted by molar-refractivity contribution is 9.10. The summed E-state index contributed by atoms with van der Waals surface area (Å²) in [5.74, 6) is 2.30. The summed E-state index contributed by atoms with van der Waals surface area (Å²) in [4.78, 5) is 4.67. The first kappa shape index (κ1) is 16.8. The van der Waals surface area contributed by atoms with Crippen LogP contribution in [0.2, 0.25) is 0 Å². The average Bonchev–Trinajstić information content (AvgIpc) is 2.76. The summed E-state index contributed by atoms with van der Waals surface area (Å²) in [6.45, 7) is 6.77. The molecule has 0 radical (unpaired) electrons. The molecule has 0 amide bonds. The lowest BCUT2D eigenvalue weighted by atomic mass is 10.1. The van der Waals surface area contributed by atoms with Crippen molar-refractivity contribution in [3.63, 3.8) is 0 Å². The van der Waals surface area contributed by atoms with Crippen molar-refractivity contribution in [3.8, 4) is 0 Å².